The first-order valence-electron chi connectivity index (χ1n) is 4.72. The van der Waals surface area contributed by atoms with Gasteiger partial charge in [0.15, 0.2) is 0 Å². The summed E-state index contributed by atoms with van der Waals surface area (Å²) in [5.41, 5.74) is 1.01. The molecule has 14 heavy (non-hydrogen) atoms. The molecule has 0 spiro atoms. The summed E-state index contributed by atoms with van der Waals surface area (Å²) in [5, 5.41) is 0. The Balaban J connectivity index is 2.18. The number of anilines is 1. The van der Waals surface area contributed by atoms with E-state index in [0.29, 0.717) is 16.9 Å². The smallest absolute Gasteiger partial charge is 0.310 e. The molecule has 0 aromatic carbocycles. The molecule has 2 heterocycles. The minimum Gasteiger partial charge on any atom is -0.355 e. The van der Waals surface area contributed by atoms with Gasteiger partial charge in [0.05, 0.1) is 0 Å². The van der Waals surface area contributed by atoms with Crippen molar-refractivity contribution in [2.75, 3.05) is 18.0 Å². The topological polar surface area (TPSA) is 29.0 Å². The van der Waals surface area contributed by atoms with Gasteiger partial charge in [-0.05, 0) is 12.3 Å². The molecular formula is C10H14FN3. The van der Waals surface area contributed by atoms with Crippen molar-refractivity contribution in [3.05, 3.63) is 17.8 Å². The zero-order chi connectivity index (χ0) is 10.3. The molecule has 0 saturated carbocycles. The summed E-state index contributed by atoms with van der Waals surface area (Å²) in [7, 11) is 0. The van der Waals surface area contributed by atoms with Crippen molar-refractivity contribution in [2.45, 2.75) is 20.8 Å². The van der Waals surface area contributed by atoms with Crippen LogP contribution in [-0.2, 0) is 0 Å². The van der Waals surface area contributed by atoms with Crippen molar-refractivity contribution in [1.29, 1.82) is 0 Å². The molecular weight excluding hydrogens is 181 g/mol. The number of aromatic nitrogens is 2. The quantitative estimate of drug-likeness (QED) is 0.639. The van der Waals surface area contributed by atoms with Crippen LogP contribution in [0.4, 0.5) is 10.2 Å². The van der Waals surface area contributed by atoms with E-state index >= 15 is 0 Å². The van der Waals surface area contributed by atoms with Gasteiger partial charge in [0.2, 0.25) is 0 Å². The Morgan fingerprint density at radius 2 is 2.00 bits per heavy atom. The summed E-state index contributed by atoms with van der Waals surface area (Å²) in [6.07, 6.45) is -0.635. The van der Waals surface area contributed by atoms with Gasteiger partial charge in [-0.15, -0.1) is 0 Å². The number of halogens is 1. The fourth-order valence-corrected chi connectivity index (χ4v) is 1.83. The van der Waals surface area contributed by atoms with Gasteiger partial charge >= 0.3 is 6.08 Å². The maximum absolute atomic E-state index is 12.9. The van der Waals surface area contributed by atoms with Crippen LogP contribution in [0.3, 0.4) is 0 Å². The van der Waals surface area contributed by atoms with Crippen molar-refractivity contribution in [1.82, 2.24) is 9.97 Å². The molecule has 3 nitrogen and oxygen atoms in total. The minimum atomic E-state index is -0.635. The largest absolute Gasteiger partial charge is 0.355 e. The third-order valence-electron chi connectivity index (χ3n) is 2.38. The molecule has 1 aromatic rings. The molecule has 1 saturated heterocycles. The molecule has 1 aliphatic heterocycles. The maximum atomic E-state index is 12.9. The van der Waals surface area contributed by atoms with Crippen molar-refractivity contribution < 1.29 is 4.39 Å². The van der Waals surface area contributed by atoms with E-state index in [1.165, 1.54) is 0 Å². The average molecular weight is 195 g/mol. The molecule has 4 heteroatoms. The number of nitrogens with zero attached hydrogens (tertiary/aromatic N) is 3. The molecule has 0 unspecified atom stereocenters. The molecule has 0 radical (unpaired) electrons. The highest BCUT2D eigenvalue weighted by molar-refractivity contribution is 5.42. The average Bonchev–Trinajstić information content (AvgIpc) is 1.97. The lowest BCUT2D eigenvalue weighted by Crippen LogP contribution is -2.53. The van der Waals surface area contributed by atoms with Crippen LogP contribution in [0.2, 0.25) is 0 Å². The first-order valence-corrected chi connectivity index (χ1v) is 4.72. The second-order valence-corrected chi connectivity index (χ2v) is 4.66. The Morgan fingerprint density at radius 1 is 1.36 bits per heavy atom. The lowest BCUT2D eigenvalue weighted by Gasteiger charge is -2.46. The van der Waals surface area contributed by atoms with E-state index in [0.717, 1.165) is 13.1 Å². The molecule has 0 N–H and O–H groups in total. The van der Waals surface area contributed by atoms with E-state index < -0.39 is 6.08 Å². The van der Waals surface area contributed by atoms with Crippen LogP contribution in [0.1, 0.15) is 19.5 Å². The Labute approximate surface area is 83.0 Å². The van der Waals surface area contributed by atoms with Gasteiger partial charge in [-0.3, -0.25) is 0 Å². The maximum Gasteiger partial charge on any atom is 0.310 e. The van der Waals surface area contributed by atoms with Crippen LogP contribution < -0.4 is 4.90 Å². The second kappa shape index (κ2) is 2.90. The van der Waals surface area contributed by atoms with Crippen LogP contribution in [0, 0.1) is 18.4 Å². The van der Waals surface area contributed by atoms with Gasteiger partial charge in [0, 0.05) is 24.8 Å². The molecule has 1 aliphatic rings. The van der Waals surface area contributed by atoms with Crippen LogP contribution in [0.15, 0.2) is 6.07 Å². The Hall–Kier alpha value is -1.19. The third kappa shape index (κ3) is 1.69. The molecule has 2 rings (SSSR count). The molecule has 1 fully saturated rings. The Bertz CT molecular complexity index is 334. The first kappa shape index (κ1) is 9.37. The molecule has 0 amide bonds. The van der Waals surface area contributed by atoms with E-state index in [1.54, 1.807) is 6.92 Å². The van der Waals surface area contributed by atoms with Crippen LogP contribution in [-0.4, -0.2) is 23.1 Å². The van der Waals surface area contributed by atoms with Crippen molar-refractivity contribution in [3.63, 3.8) is 0 Å². The zero-order valence-electron chi connectivity index (χ0n) is 8.71. The number of aryl methyl sites for hydroxylation is 1. The normalized spacial score (nSPS) is 19.3. The Kier molecular flexibility index (Phi) is 1.94. The third-order valence-corrected chi connectivity index (χ3v) is 2.38. The van der Waals surface area contributed by atoms with E-state index in [1.807, 2.05) is 6.07 Å². The fourth-order valence-electron chi connectivity index (χ4n) is 1.83. The highest BCUT2D eigenvalue weighted by Crippen LogP contribution is 2.32. The zero-order valence-corrected chi connectivity index (χ0v) is 8.71. The van der Waals surface area contributed by atoms with E-state index in [2.05, 4.69) is 28.7 Å². The van der Waals surface area contributed by atoms with Crippen LogP contribution in [0.25, 0.3) is 0 Å². The summed E-state index contributed by atoms with van der Waals surface area (Å²) in [5.74, 6) is 0.703. The van der Waals surface area contributed by atoms with Crippen molar-refractivity contribution in [3.8, 4) is 0 Å². The highest BCUT2D eigenvalue weighted by Gasteiger charge is 2.35. The second-order valence-electron chi connectivity index (χ2n) is 4.66. The number of hydrogen-bond acceptors (Lipinski definition) is 3. The predicted molar refractivity (Wildman–Crippen MR) is 52.7 cm³/mol. The van der Waals surface area contributed by atoms with Gasteiger partial charge in [-0.1, -0.05) is 13.8 Å². The standard InChI is InChI=1S/C10H14FN3/c1-7-4-8(13-9(11)12-7)14-5-10(2,3)6-14/h4H,5-6H2,1-3H3. The first-order chi connectivity index (χ1) is 6.46. The summed E-state index contributed by atoms with van der Waals surface area (Å²) in [6.45, 7) is 8.02. The van der Waals surface area contributed by atoms with E-state index in [9.17, 15) is 4.39 Å². The molecule has 76 valence electrons. The lowest BCUT2D eigenvalue weighted by molar-refractivity contribution is 0.273. The van der Waals surface area contributed by atoms with Crippen molar-refractivity contribution in [2.24, 2.45) is 5.41 Å². The highest BCUT2D eigenvalue weighted by atomic mass is 19.1. The van der Waals surface area contributed by atoms with Gasteiger partial charge in [0.25, 0.3) is 0 Å². The summed E-state index contributed by atoms with van der Waals surface area (Å²) < 4.78 is 12.9. The number of hydrogen-bond donors (Lipinski definition) is 0. The number of rotatable bonds is 1. The van der Waals surface area contributed by atoms with Gasteiger partial charge < -0.3 is 4.90 Å². The molecule has 0 bridgehead atoms. The Morgan fingerprint density at radius 3 is 2.50 bits per heavy atom. The van der Waals surface area contributed by atoms with Gasteiger partial charge in [0.1, 0.15) is 5.82 Å². The summed E-state index contributed by atoms with van der Waals surface area (Å²) in [4.78, 5) is 9.44. The van der Waals surface area contributed by atoms with E-state index in [-0.39, 0.29) is 0 Å². The van der Waals surface area contributed by atoms with Gasteiger partial charge in [-0.25, -0.2) is 4.98 Å². The van der Waals surface area contributed by atoms with Crippen LogP contribution >= 0.6 is 0 Å². The molecule has 0 aliphatic carbocycles. The predicted octanol–water partition coefficient (Wildman–Crippen LogP) is 1.77. The molecule has 0 atom stereocenters. The summed E-state index contributed by atoms with van der Waals surface area (Å²) >= 11 is 0. The fraction of sp³-hybridized carbons (Fsp3) is 0.600. The van der Waals surface area contributed by atoms with Crippen LogP contribution in [0.5, 0.6) is 0 Å². The summed E-state index contributed by atoms with van der Waals surface area (Å²) in [6, 6.07) is 1.82. The van der Waals surface area contributed by atoms with E-state index in [4.69, 9.17) is 0 Å². The minimum absolute atomic E-state index is 0.329. The monoisotopic (exact) mass is 195 g/mol. The lowest BCUT2D eigenvalue weighted by atomic mass is 9.84. The van der Waals surface area contributed by atoms with Gasteiger partial charge in [-0.2, -0.15) is 9.37 Å². The van der Waals surface area contributed by atoms with Crippen molar-refractivity contribution >= 4 is 5.82 Å². The SMILES string of the molecule is Cc1cc(N2CC(C)(C)C2)nc(F)n1. The molecule has 1 aromatic heterocycles.